The highest BCUT2D eigenvalue weighted by Gasteiger charge is 2.52. The Balaban J connectivity index is 1.88. The maximum atomic E-state index is 12.3. The van der Waals surface area contributed by atoms with Crippen LogP contribution < -0.4 is 5.32 Å². The van der Waals surface area contributed by atoms with Gasteiger partial charge in [-0.05, 0) is 40.9 Å². The van der Waals surface area contributed by atoms with E-state index in [4.69, 9.17) is 0 Å². The number of imide groups is 1. The van der Waals surface area contributed by atoms with E-state index in [0.29, 0.717) is 6.54 Å². The van der Waals surface area contributed by atoms with Crippen LogP contribution in [0.25, 0.3) is 0 Å². The molecule has 0 radical (unpaired) electrons. The normalized spacial score (nSPS) is 22.1. The van der Waals surface area contributed by atoms with Crippen molar-refractivity contribution in [1.82, 2.24) is 10.2 Å². The molecule has 3 rings (SSSR count). The van der Waals surface area contributed by atoms with Crippen molar-refractivity contribution in [2.45, 2.75) is 50.6 Å². The summed E-state index contributed by atoms with van der Waals surface area (Å²) in [6, 6.07) is 3.76. The number of hydrogen-bond donors (Lipinski definition) is 1. The molecule has 3 amide bonds. The van der Waals surface area contributed by atoms with Crippen LogP contribution in [-0.2, 0) is 11.3 Å². The van der Waals surface area contributed by atoms with E-state index in [1.54, 1.807) is 16.2 Å². The molecule has 2 aliphatic rings. The summed E-state index contributed by atoms with van der Waals surface area (Å²) in [4.78, 5) is 27.4. The number of amides is 3. The van der Waals surface area contributed by atoms with Gasteiger partial charge in [-0.3, -0.25) is 10.1 Å². The van der Waals surface area contributed by atoms with Crippen molar-refractivity contribution in [2.24, 2.45) is 0 Å². The second kappa shape index (κ2) is 5.48. The zero-order valence-corrected chi connectivity index (χ0v) is 13.6. The average molecular weight is 357 g/mol. The first-order chi connectivity index (χ1) is 9.62. The third kappa shape index (κ3) is 2.39. The van der Waals surface area contributed by atoms with Crippen molar-refractivity contribution >= 4 is 39.2 Å². The van der Waals surface area contributed by atoms with E-state index >= 15 is 0 Å². The van der Waals surface area contributed by atoms with Crippen LogP contribution in [0.4, 0.5) is 4.79 Å². The fraction of sp³-hybridized carbons (Fsp3) is 0.571. The number of halogens is 1. The van der Waals surface area contributed by atoms with Gasteiger partial charge in [0.15, 0.2) is 0 Å². The predicted molar refractivity (Wildman–Crippen MR) is 81.5 cm³/mol. The highest BCUT2D eigenvalue weighted by molar-refractivity contribution is 9.11. The van der Waals surface area contributed by atoms with Gasteiger partial charge >= 0.3 is 6.03 Å². The van der Waals surface area contributed by atoms with Crippen LogP contribution in [0, 0.1) is 0 Å². The number of thiophene rings is 1. The molecular formula is C14H17BrN2O2S. The van der Waals surface area contributed by atoms with Crippen LogP contribution in [-0.4, -0.2) is 22.4 Å². The van der Waals surface area contributed by atoms with E-state index in [9.17, 15) is 9.59 Å². The largest absolute Gasteiger partial charge is 0.325 e. The van der Waals surface area contributed by atoms with Gasteiger partial charge in [-0.25, -0.2) is 4.79 Å². The van der Waals surface area contributed by atoms with Crippen molar-refractivity contribution in [3.63, 3.8) is 0 Å². The minimum Gasteiger partial charge on any atom is -0.305 e. The van der Waals surface area contributed by atoms with Gasteiger partial charge in [0.1, 0.15) is 5.54 Å². The van der Waals surface area contributed by atoms with E-state index in [-0.39, 0.29) is 11.9 Å². The van der Waals surface area contributed by atoms with Crippen LogP contribution in [0.5, 0.6) is 0 Å². The van der Waals surface area contributed by atoms with Crippen molar-refractivity contribution in [3.8, 4) is 0 Å². The SMILES string of the molecule is O=C1NC(=O)C2(CCCCCC2)N1Cc1ccc(Br)s1. The first-order valence-corrected chi connectivity index (χ1v) is 8.60. The second-order valence-corrected chi connectivity index (χ2v) is 8.04. The summed E-state index contributed by atoms with van der Waals surface area (Å²) < 4.78 is 1.05. The molecule has 108 valence electrons. The van der Waals surface area contributed by atoms with Gasteiger partial charge in [-0.15, -0.1) is 11.3 Å². The van der Waals surface area contributed by atoms with Crippen molar-refractivity contribution in [3.05, 3.63) is 20.8 Å². The molecule has 0 unspecified atom stereocenters. The maximum Gasteiger partial charge on any atom is 0.325 e. The van der Waals surface area contributed by atoms with Gasteiger partial charge in [0.05, 0.1) is 10.3 Å². The third-order valence-electron chi connectivity index (χ3n) is 4.28. The van der Waals surface area contributed by atoms with E-state index in [1.165, 1.54) is 0 Å². The highest BCUT2D eigenvalue weighted by Crippen LogP contribution is 2.38. The molecule has 4 nitrogen and oxygen atoms in total. The first-order valence-electron chi connectivity index (χ1n) is 6.99. The van der Waals surface area contributed by atoms with E-state index in [1.807, 2.05) is 12.1 Å². The minimum atomic E-state index is -0.607. The molecule has 1 N–H and O–H groups in total. The van der Waals surface area contributed by atoms with E-state index in [0.717, 1.165) is 47.2 Å². The minimum absolute atomic E-state index is 0.0972. The molecule has 6 heteroatoms. The quantitative estimate of drug-likeness (QED) is 0.822. The molecular weight excluding hydrogens is 340 g/mol. The fourth-order valence-electron chi connectivity index (χ4n) is 3.22. The van der Waals surface area contributed by atoms with Gasteiger partial charge in [0, 0.05) is 4.88 Å². The molecule has 2 fully saturated rings. The lowest BCUT2D eigenvalue weighted by molar-refractivity contribution is -0.127. The fourth-order valence-corrected chi connectivity index (χ4v) is 4.70. The number of nitrogens with zero attached hydrogens (tertiary/aromatic N) is 1. The Morgan fingerprint density at radius 2 is 1.90 bits per heavy atom. The van der Waals surface area contributed by atoms with Gasteiger partial charge in [0.2, 0.25) is 0 Å². The average Bonchev–Trinajstić information content (AvgIpc) is 2.80. The number of carbonyl (C=O) groups is 2. The van der Waals surface area contributed by atoms with Gasteiger partial charge in [-0.2, -0.15) is 0 Å². The third-order valence-corrected chi connectivity index (χ3v) is 5.89. The van der Waals surface area contributed by atoms with E-state index < -0.39 is 5.54 Å². The van der Waals surface area contributed by atoms with Gasteiger partial charge in [-0.1, -0.05) is 25.7 Å². The predicted octanol–water partition coefficient (Wildman–Crippen LogP) is 3.66. The Bertz CT molecular complexity index is 535. The Kier molecular flexibility index (Phi) is 3.86. The van der Waals surface area contributed by atoms with Crippen LogP contribution >= 0.6 is 27.3 Å². The Morgan fingerprint density at radius 1 is 1.20 bits per heavy atom. The smallest absolute Gasteiger partial charge is 0.305 e. The maximum absolute atomic E-state index is 12.3. The number of rotatable bonds is 2. The summed E-state index contributed by atoms with van der Waals surface area (Å²) in [5.41, 5.74) is -0.607. The van der Waals surface area contributed by atoms with Crippen molar-refractivity contribution < 1.29 is 9.59 Å². The van der Waals surface area contributed by atoms with Crippen LogP contribution in [0.1, 0.15) is 43.4 Å². The summed E-state index contributed by atoms with van der Waals surface area (Å²) in [5.74, 6) is -0.0972. The topological polar surface area (TPSA) is 49.4 Å². The first kappa shape index (κ1) is 14.1. The monoisotopic (exact) mass is 356 g/mol. The number of nitrogens with one attached hydrogen (secondary N) is 1. The van der Waals surface area contributed by atoms with Crippen molar-refractivity contribution in [1.29, 1.82) is 0 Å². The molecule has 0 atom stereocenters. The zero-order chi connectivity index (χ0) is 14.2. The number of urea groups is 1. The summed E-state index contributed by atoms with van der Waals surface area (Å²) in [6.07, 6.45) is 5.92. The number of carbonyl (C=O) groups excluding carboxylic acids is 2. The lowest BCUT2D eigenvalue weighted by Crippen LogP contribution is -2.48. The molecule has 2 heterocycles. The van der Waals surface area contributed by atoms with E-state index in [2.05, 4.69) is 21.2 Å². The van der Waals surface area contributed by atoms with Gasteiger partial charge in [0.25, 0.3) is 5.91 Å². The molecule has 1 aromatic heterocycles. The Labute approximate surface area is 130 Å². The summed E-state index contributed by atoms with van der Waals surface area (Å²) in [5, 5.41) is 2.52. The highest BCUT2D eigenvalue weighted by atomic mass is 79.9. The Hall–Kier alpha value is -0.880. The Morgan fingerprint density at radius 3 is 2.50 bits per heavy atom. The van der Waals surface area contributed by atoms with Crippen LogP contribution in [0.3, 0.4) is 0 Å². The molecule has 1 aliphatic carbocycles. The molecule has 0 aromatic carbocycles. The molecule has 20 heavy (non-hydrogen) atoms. The molecule has 1 aliphatic heterocycles. The molecule has 1 saturated heterocycles. The molecule has 1 spiro atoms. The zero-order valence-electron chi connectivity index (χ0n) is 11.2. The summed E-state index contributed by atoms with van der Waals surface area (Å²) in [6.45, 7) is 0.522. The van der Waals surface area contributed by atoms with Crippen LogP contribution in [0.2, 0.25) is 0 Å². The lowest BCUT2D eigenvalue weighted by atomic mass is 9.88. The van der Waals surface area contributed by atoms with Crippen molar-refractivity contribution in [2.75, 3.05) is 0 Å². The second-order valence-electron chi connectivity index (χ2n) is 5.50. The van der Waals surface area contributed by atoms with Gasteiger partial charge < -0.3 is 4.90 Å². The molecule has 1 aromatic rings. The summed E-state index contributed by atoms with van der Waals surface area (Å²) >= 11 is 5.06. The molecule has 0 bridgehead atoms. The lowest BCUT2D eigenvalue weighted by Gasteiger charge is -2.34. The standard InChI is InChI=1S/C14H17BrN2O2S/c15-11-6-5-10(20-11)9-17-13(19)16-12(18)14(17)7-3-1-2-4-8-14/h5-6H,1-4,7-9H2,(H,16,18,19). The van der Waals surface area contributed by atoms with Crippen LogP contribution in [0.15, 0.2) is 15.9 Å². The summed E-state index contributed by atoms with van der Waals surface area (Å²) in [7, 11) is 0. The number of hydrogen-bond acceptors (Lipinski definition) is 3. The molecule has 1 saturated carbocycles.